The zero-order valence-corrected chi connectivity index (χ0v) is 18.4. The molecule has 0 aromatic rings. The van der Waals surface area contributed by atoms with Gasteiger partial charge in [0.15, 0.2) is 5.90 Å². The molecule has 0 aromatic heterocycles. The van der Waals surface area contributed by atoms with Gasteiger partial charge in [0.1, 0.15) is 12.1 Å². The van der Waals surface area contributed by atoms with E-state index in [1.165, 1.54) is 45.6 Å². The third kappa shape index (κ3) is 10.7. The summed E-state index contributed by atoms with van der Waals surface area (Å²) in [5, 5.41) is 0. The van der Waals surface area contributed by atoms with Gasteiger partial charge < -0.3 is 14.2 Å². The van der Waals surface area contributed by atoms with Gasteiger partial charge in [-0.3, -0.25) is 9.59 Å². The lowest BCUT2D eigenvalue weighted by Crippen LogP contribution is -2.28. The van der Waals surface area contributed by atoms with Gasteiger partial charge in [0.25, 0.3) is 0 Å². The third-order valence-corrected chi connectivity index (χ3v) is 4.95. The average molecular weight is 398 g/mol. The Hall–Kier alpha value is -1.59. The molecule has 0 radical (unpaired) electrons. The predicted molar refractivity (Wildman–Crippen MR) is 110 cm³/mol. The molecule has 6 nitrogen and oxygen atoms in total. The van der Waals surface area contributed by atoms with Gasteiger partial charge in [0, 0.05) is 5.92 Å². The first-order chi connectivity index (χ1) is 13.2. The van der Waals surface area contributed by atoms with Crippen LogP contribution in [0.2, 0.25) is 0 Å². The summed E-state index contributed by atoms with van der Waals surface area (Å²) in [6.45, 7) is 7.55. The minimum Gasteiger partial charge on any atom is -0.484 e. The lowest BCUT2D eigenvalue weighted by Gasteiger charge is -2.24. The second kappa shape index (κ2) is 12.8. The first kappa shape index (κ1) is 24.4. The maximum atomic E-state index is 12.4. The minimum atomic E-state index is -0.529. The number of carbonyl (C=O) groups excluding carboxylic acids is 2. The monoisotopic (exact) mass is 397 g/mol. The van der Waals surface area contributed by atoms with Gasteiger partial charge in [-0.1, -0.05) is 44.9 Å². The first-order valence-corrected chi connectivity index (χ1v) is 10.7. The van der Waals surface area contributed by atoms with Crippen molar-refractivity contribution in [1.82, 2.24) is 0 Å². The molecule has 28 heavy (non-hydrogen) atoms. The number of methoxy groups -OCH3 is 1. The molecular weight excluding hydrogens is 358 g/mol. The number of ether oxygens (including phenoxy) is 3. The van der Waals surface area contributed by atoms with Crippen molar-refractivity contribution in [3.05, 3.63) is 0 Å². The van der Waals surface area contributed by atoms with E-state index in [2.05, 4.69) is 4.99 Å². The van der Waals surface area contributed by atoms with Crippen molar-refractivity contribution in [3.63, 3.8) is 0 Å². The summed E-state index contributed by atoms with van der Waals surface area (Å²) < 4.78 is 15.9. The predicted octanol–water partition coefficient (Wildman–Crippen LogP) is 4.69. The molecule has 1 aliphatic rings. The summed E-state index contributed by atoms with van der Waals surface area (Å²) in [5.41, 5.74) is -0.529. The summed E-state index contributed by atoms with van der Waals surface area (Å²) in [4.78, 5) is 28.3. The molecule has 0 heterocycles. The molecule has 1 aliphatic carbocycles. The maximum Gasteiger partial charge on any atom is 0.327 e. The summed E-state index contributed by atoms with van der Waals surface area (Å²) >= 11 is 0. The lowest BCUT2D eigenvalue weighted by atomic mass is 9.84. The van der Waals surface area contributed by atoms with Crippen molar-refractivity contribution in [2.24, 2.45) is 16.8 Å². The highest BCUT2D eigenvalue weighted by molar-refractivity contribution is 5.85. The number of esters is 2. The Morgan fingerprint density at radius 2 is 1.79 bits per heavy atom. The zero-order valence-electron chi connectivity index (χ0n) is 18.4. The van der Waals surface area contributed by atoms with E-state index in [0.717, 1.165) is 18.8 Å². The molecule has 6 heteroatoms. The van der Waals surface area contributed by atoms with E-state index in [4.69, 9.17) is 14.2 Å². The molecule has 162 valence electrons. The Labute approximate surface area is 170 Å². The molecule has 0 saturated heterocycles. The van der Waals surface area contributed by atoms with E-state index < -0.39 is 11.6 Å². The van der Waals surface area contributed by atoms with E-state index in [1.807, 2.05) is 20.8 Å². The number of rotatable bonds is 10. The standard InChI is InChI=1S/C22H39NO5/c1-6-27-20(25)16-23-21(26-5)18(15-19(24)28-22(2,3)4)14-10-13-17-11-8-7-9-12-17/h17-18H,6-16H2,1-5H3/t18-/m1/s1. The molecule has 1 rings (SSSR count). The van der Waals surface area contributed by atoms with Gasteiger partial charge in [-0.15, -0.1) is 0 Å². The van der Waals surface area contributed by atoms with E-state index >= 15 is 0 Å². The van der Waals surface area contributed by atoms with Gasteiger partial charge in [0.2, 0.25) is 0 Å². The average Bonchev–Trinajstić information content (AvgIpc) is 2.61. The highest BCUT2D eigenvalue weighted by atomic mass is 16.6. The molecule has 0 aromatic carbocycles. The second-order valence-electron chi connectivity index (χ2n) is 8.59. The van der Waals surface area contributed by atoms with Gasteiger partial charge in [0.05, 0.1) is 20.1 Å². The Morgan fingerprint density at radius 1 is 1.11 bits per heavy atom. The largest absolute Gasteiger partial charge is 0.484 e. The second-order valence-corrected chi connectivity index (χ2v) is 8.59. The van der Waals surface area contributed by atoms with Crippen molar-refractivity contribution in [2.45, 2.75) is 91.1 Å². The quantitative estimate of drug-likeness (QED) is 0.304. The molecule has 1 saturated carbocycles. The van der Waals surface area contributed by atoms with Gasteiger partial charge in [-0.2, -0.15) is 0 Å². The summed E-state index contributed by atoms with van der Waals surface area (Å²) in [6.07, 6.45) is 9.82. The molecule has 1 fully saturated rings. The summed E-state index contributed by atoms with van der Waals surface area (Å²) in [6, 6.07) is 0. The summed E-state index contributed by atoms with van der Waals surface area (Å²) in [7, 11) is 1.53. The van der Waals surface area contributed by atoms with Crippen LogP contribution >= 0.6 is 0 Å². The van der Waals surface area contributed by atoms with Crippen LogP contribution in [0.5, 0.6) is 0 Å². The van der Waals surface area contributed by atoms with Crippen molar-refractivity contribution in [2.75, 3.05) is 20.3 Å². The Morgan fingerprint density at radius 3 is 2.36 bits per heavy atom. The van der Waals surface area contributed by atoms with Crippen LogP contribution in [-0.4, -0.2) is 43.7 Å². The van der Waals surface area contributed by atoms with Gasteiger partial charge in [-0.05, 0) is 40.0 Å². The molecular formula is C22H39NO5. The SMILES string of the molecule is CCOC(=O)CN=C(OC)[C@H](CCCC1CCCCC1)CC(=O)OC(C)(C)C. The highest BCUT2D eigenvalue weighted by Crippen LogP contribution is 2.29. The highest BCUT2D eigenvalue weighted by Gasteiger charge is 2.25. The van der Waals surface area contributed by atoms with E-state index in [9.17, 15) is 9.59 Å². The van der Waals surface area contributed by atoms with Crippen LogP contribution in [0.4, 0.5) is 0 Å². The third-order valence-electron chi connectivity index (χ3n) is 4.95. The molecule has 0 unspecified atom stereocenters. The fraction of sp³-hybridized carbons (Fsp3) is 0.864. The van der Waals surface area contributed by atoms with Crippen molar-refractivity contribution < 1.29 is 23.8 Å². The number of carbonyl (C=O) groups is 2. The Balaban J connectivity index is 2.71. The lowest BCUT2D eigenvalue weighted by molar-refractivity contribution is -0.155. The molecule has 0 N–H and O–H groups in total. The normalized spacial score (nSPS) is 17.1. The minimum absolute atomic E-state index is 0.0928. The number of hydrogen-bond acceptors (Lipinski definition) is 6. The fourth-order valence-corrected chi connectivity index (χ4v) is 3.74. The van der Waals surface area contributed by atoms with E-state index in [1.54, 1.807) is 6.92 Å². The molecule has 0 bridgehead atoms. The van der Waals surface area contributed by atoms with Gasteiger partial charge in [-0.25, -0.2) is 4.99 Å². The Bertz CT molecular complexity index is 504. The van der Waals surface area contributed by atoms with E-state index in [-0.39, 0.29) is 24.9 Å². The molecule has 0 spiro atoms. The fourth-order valence-electron chi connectivity index (χ4n) is 3.74. The van der Waals surface area contributed by atoms with Crippen LogP contribution in [0.25, 0.3) is 0 Å². The molecule has 1 atom stereocenters. The van der Waals surface area contributed by atoms with Gasteiger partial charge >= 0.3 is 11.9 Å². The van der Waals surface area contributed by atoms with Crippen LogP contribution in [0.3, 0.4) is 0 Å². The van der Waals surface area contributed by atoms with Crippen LogP contribution in [-0.2, 0) is 23.8 Å². The molecule has 0 aliphatic heterocycles. The van der Waals surface area contributed by atoms with Crippen molar-refractivity contribution >= 4 is 17.8 Å². The smallest absolute Gasteiger partial charge is 0.327 e. The van der Waals surface area contributed by atoms with Crippen LogP contribution < -0.4 is 0 Å². The number of nitrogens with zero attached hydrogens (tertiary/aromatic N) is 1. The van der Waals surface area contributed by atoms with E-state index in [0.29, 0.717) is 12.5 Å². The molecule has 0 amide bonds. The van der Waals surface area contributed by atoms with Crippen molar-refractivity contribution in [1.29, 1.82) is 0 Å². The van der Waals surface area contributed by atoms with Crippen molar-refractivity contribution in [3.8, 4) is 0 Å². The number of hydrogen-bond donors (Lipinski definition) is 0. The number of aliphatic imine (C=N–C) groups is 1. The Kier molecular flexibility index (Phi) is 11.2. The van der Waals surface area contributed by atoms with Crippen LogP contribution in [0.1, 0.15) is 85.5 Å². The first-order valence-electron chi connectivity index (χ1n) is 10.7. The topological polar surface area (TPSA) is 74.2 Å². The maximum absolute atomic E-state index is 12.4. The van der Waals surface area contributed by atoms with Crippen LogP contribution in [0, 0.1) is 11.8 Å². The summed E-state index contributed by atoms with van der Waals surface area (Å²) in [5.74, 6) is 0.380. The van der Waals surface area contributed by atoms with Crippen LogP contribution in [0.15, 0.2) is 4.99 Å². The zero-order chi connectivity index (χ0) is 21.0.